The molecule has 1 heterocycles. The number of nitrogens with zero attached hydrogens (tertiary/aromatic N) is 3. The summed E-state index contributed by atoms with van der Waals surface area (Å²) in [6.07, 6.45) is 2.01. The van der Waals surface area contributed by atoms with Crippen molar-refractivity contribution < 1.29 is 9.18 Å². The fourth-order valence-electron chi connectivity index (χ4n) is 2.99. The van der Waals surface area contributed by atoms with Gasteiger partial charge < -0.3 is 5.32 Å². The third kappa shape index (κ3) is 4.62. The van der Waals surface area contributed by atoms with Gasteiger partial charge in [0.05, 0.1) is 10.8 Å². The number of aromatic nitrogens is 3. The van der Waals surface area contributed by atoms with E-state index in [9.17, 15) is 9.18 Å². The molecule has 1 atom stereocenters. The Hall–Kier alpha value is -2.38. The molecule has 0 bridgehead atoms. The number of amides is 1. The molecule has 8 heteroatoms. The van der Waals surface area contributed by atoms with Crippen LogP contribution in [0.25, 0.3) is 11.4 Å². The van der Waals surface area contributed by atoms with E-state index in [0.29, 0.717) is 28.1 Å². The smallest absolute Gasteiger partial charge is 0.233 e. The Morgan fingerprint density at radius 1 is 1.24 bits per heavy atom. The lowest BCUT2D eigenvalue weighted by Crippen LogP contribution is -2.30. The monoisotopic (exact) mass is 430 g/mol. The number of carbonyl (C=O) groups is 1. The number of hydrogen-bond acceptors (Lipinski definition) is 4. The van der Waals surface area contributed by atoms with Crippen molar-refractivity contribution in [3.05, 3.63) is 64.9 Å². The van der Waals surface area contributed by atoms with Crippen LogP contribution in [0.1, 0.15) is 31.4 Å². The zero-order chi connectivity index (χ0) is 20.4. The molecule has 1 aromatic heterocycles. The molecule has 1 N–H and O–H groups in total. The predicted molar refractivity (Wildman–Crippen MR) is 112 cm³/mol. The molecular weight excluding hydrogens is 411 g/mol. The molecule has 1 aliphatic carbocycles. The molecule has 1 unspecified atom stereocenters. The van der Waals surface area contributed by atoms with Gasteiger partial charge in [-0.1, -0.05) is 47.6 Å². The van der Waals surface area contributed by atoms with Crippen LogP contribution in [0.2, 0.25) is 5.02 Å². The molecule has 4 rings (SSSR count). The lowest BCUT2D eigenvalue weighted by atomic mass is 10.2. The van der Waals surface area contributed by atoms with Crippen LogP contribution in [0, 0.1) is 5.82 Å². The van der Waals surface area contributed by atoms with Gasteiger partial charge in [0.15, 0.2) is 11.0 Å². The highest BCUT2D eigenvalue weighted by atomic mass is 35.5. The average Bonchev–Trinajstić information content (AvgIpc) is 3.48. The van der Waals surface area contributed by atoms with Crippen LogP contribution in [0.3, 0.4) is 0 Å². The molecule has 0 saturated heterocycles. The van der Waals surface area contributed by atoms with E-state index in [2.05, 4.69) is 15.5 Å². The average molecular weight is 431 g/mol. The Bertz CT molecular complexity index is 1020. The Kier molecular flexibility index (Phi) is 5.87. The maximum absolute atomic E-state index is 14.3. The van der Waals surface area contributed by atoms with Crippen molar-refractivity contribution in [2.75, 3.05) is 0 Å². The first-order valence-corrected chi connectivity index (χ1v) is 10.7. The van der Waals surface area contributed by atoms with Gasteiger partial charge in [0.2, 0.25) is 5.91 Å². The first-order chi connectivity index (χ1) is 14.0. The Morgan fingerprint density at radius 3 is 2.66 bits per heavy atom. The summed E-state index contributed by atoms with van der Waals surface area (Å²) in [5, 5.41) is 12.4. The quantitative estimate of drug-likeness (QED) is 0.543. The Morgan fingerprint density at radius 2 is 1.97 bits per heavy atom. The maximum atomic E-state index is 14.3. The number of carbonyl (C=O) groups excluding carboxylic acids is 1. The van der Waals surface area contributed by atoms with Crippen molar-refractivity contribution in [3.8, 4) is 11.4 Å². The van der Waals surface area contributed by atoms with Crippen molar-refractivity contribution in [1.82, 2.24) is 20.1 Å². The second-order valence-electron chi connectivity index (χ2n) is 6.99. The first kappa shape index (κ1) is 19.9. The highest BCUT2D eigenvalue weighted by Gasteiger charge is 2.32. The summed E-state index contributed by atoms with van der Waals surface area (Å²) >= 11 is 7.23. The number of halogens is 2. The first-order valence-electron chi connectivity index (χ1n) is 9.41. The van der Waals surface area contributed by atoms with Gasteiger partial charge in [-0.2, -0.15) is 0 Å². The molecule has 150 valence electrons. The normalized spacial score (nSPS) is 14.6. The zero-order valence-electron chi connectivity index (χ0n) is 15.8. The molecule has 1 saturated carbocycles. The van der Waals surface area contributed by atoms with Gasteiger partial charge in [-0.15, -0.1) is 10.2 Å². The molecule has 0 spiro atoms. The summed E-state index contributed by atoms with van der Waals surface area (Å²) in [4.78, 5) is 12.5. The third-order valence-electron chi connectivity index (χ3n) is 4.72. The molecule has 1 amide bonds. The number of rotatable bonds is 7. The third-order valence-corrected chi connectivity index (χ3v) is 6.03. The summed E-state index contributed by atoms with van der Waals surface area (Å²) < 4.78 is 16.2. The van der Waals surface area contributed by atoms with Crippen molar-refractivity contribution >= 4 is 29.3 Å². The van der Waals surface area contributed by atoms with E-state index in [4.69, 9.17) is 11.6 Å². The zero-order valence-corrected chi connectivity index (χ0v) is 17.4. The van der Waals surface area contributed by atoms with Crippen molar-refractivity contribution in [2.45, 2.75) is 42.8 Å². The Labute approximate surface area is 177 Å². The van der Waals surface area contributed by atoms with Gasteiger partial charge in [-0.05, 0) is 49.6 Å². The summed E-state index contributed by atoms with van der Waals surface area (Å²) in [5.41, 5.74) is 1.40. The molecule has 2 aromatic carbocycles. The molecule has 3 aromatic rings. The lowest BCUT2D eigenvalue weighted by Gasteiger charge is -2.13. The van der Waals surface area contributed by atoms with E-state index in [1.807, 2.05) is 23.6 Å². The Balaban J connectivity index is 1.47. The van der Waals surface area contributed by atoms with E-state index in [1.54, 1.807) is 30.3 Å². The van der Waals surface area contributed by atoms with Crippen LogP contribution in [0.15, 0.2) is 53.7 Å². The largest absolute Gasteiger partial charge is 0.351 e. The fraction of sp³-hybridized carbons (Fsp3) is 0.286. The van der Waals surface area contributed by atoms with E-state index >= 15 is 0 Å². The molecule has 0 radical (unpaired) electrons. The van der Waals surface area contributed by atoms with Crippen LogP contribution in [0.4, 0.5) is 4.39 Å². The topological polar surface area (TPSA) is 59.8 Å². The van der Waals surface area contributed by atoms with E-state index in [1.165, 1.54) is 17.8 Å². The number of thioether (sulfide) groups is 1. The molecule has 0 aliphatic heterocycles. The molecule has 29 heavy (non-hydrogen) atoms. The van der Waals surface area contributed by atoms with E-state index in [-0.39, 0.29) is 23.0 Å². The van der Waals surface area contributed by atoms with Crippen LogP contribution in [0.5, 0.6) is 0 Å². The van der Waals surface area contributed by atoms with Crippen LogP contribution in [-0.2, 0) is 11.3 Å². The van der Waals surface area contributed by atoms with Crippen molar-refractivity contribution in [2.24, 2.45) is 0 Å². The predicted octanol–water partition coefficient (Wildman–Crippen LogP) is 4.87. The summed E-state index contributed by atoms with van der Waals surface area (Å²) in [5.74, 6) is 0.0942. The molecule has 5 nitrogen and oxygen atoms in total. The minimum absolute atomic E-state index is 0.0947. The molecule has 1 aliphatic rings. The highest BCUT2D eigenvalue weighted by Crippen LogP contribution is 2.42. The second kappa shape index (κ2) is 8.55. The van der Waals surface area contributed by atoms with Gasteiger partial charge in [-0.3, -0.25) is 9.36 Å². The molecule has 1 fully saturated rings. The van der Waals surface area contributed by atoms with Crippen LogP contribution in [-0.4, -0.2) is 25.9 Å². The standard InChI is InChI=1S/C21H20ClFN4OS/c1-13(20(28)24-12-14-6-8-15(22)9-7-14)29-21-26-25-19(27(21)16-10-11-16)17-4-2-3-5-18(17)23/h2-9,13,16H,10-12H2,1H3,(H,24,28). The fourth-order valence-corrected chi connectivity index (χ4v) is 4.06. The second-order valence-corrected chi connectivity index (χ2v) is 8.74. The van der Waals surface area contributed by atoms with Gasteiger partial charge in [0.25, 0.3) is 0 Å². The van der Waals surface area contributed by atoms with Crippen molar-refractivity contribution in [1.29, 1.82) is 0 Å². The van der Waals surface area contributed by atoms with Gasteiger partial charge in [0, 0.05) is 17.6 Å². The number of benzene rings is 2. The summed E-state index contributed by atoms with van der Waals surface area (Å²) in [7, 11) is 0. The van der Waals surface area contributed by atoms with E-state index in [0.717, 1.165) is 18.4 Å². The van der Waals surface area contributed by atoms with E-state index < -0.39 is 0 Å². The number of nitrogens with one attached hydrogen (secondary N) is 1. The lowest BCUT2D eigenvalue weighted by molar-refractivity contribution is -0.120. The summed E-state index contributed by atoms with van der Waals surface area (Å²) in [6.45, 7) is 2.26. The van der Waals surface area contributed by atoms with Crippen LogP contribution >= 0.6 is 23.4 Å². The SMILES string of the molecule is CC(Sc1nnc(-c2ccccc2F)n1C1CC1)C(=O)NCc1ccc(Cl)cc1. The van der Waals surface area contributed by atoms with Gasteiger partial charge in [-0.25, -0.2) is 4.39 Å². The minimum Gasteiger partial charge on any atom is -0.351 e. The minimum atomic E-state index is -0.363. The summed E-state index contributed by atoms with van der Waals surface area (Å²) in [6, 6.07) is 14.2. The van der Waals surface area contributed by atoms with Crippen molar-refractivity contribution in [3.63, 3.8) is 0 Å². The molecular formula is C21H20ClFN4OS. The number of hydrogen-bond donors (Lipinski definition) is 1. The van der Waals surface area contributed by atoms with Crippen LogP contribution < -0.4 is 5.32 Å². The van der Waals surface area contributed by atoms with Gasteiger partial charge >= 0.3 is 0 Å². The van der Waals surface area contributed by atoms with Gasteiger partial charge in [0.1, 0.15) is 5.82 Å². The maximum Gasteiger partial charge on any atom is 0.233 e. The highest BCUT2D eigenvalue weighted by molar-refractivity contribution is 8.00.